The van der Waals surface area contributed by atoms with E-state index in [1.165, 1.54) is 30.6 Å². The minimum absolute atomic E-state index is 0.0481. The van der Waals surface area contributed by atoms with Crippen LogP contribution in [0.5, 0.6) is 0 Å². The maximum atomic E-state index is 13.1. The highest BCUT2D eigenvalue weighted by molar-refractivity contribution is 5.92. The Kier molecular flexibility index (Phi) is 3.96. The van der Waals surface area contributed by atoms with Gasteiger partial charge in [-0.25, -0.2) is 14.4 Å². The zero-order chi connectivity index (χ0) is 19.0. The van der Waals surface area contributed by atoms with Crippen molar-refractivity contribution < 1.29 is 13.8 Å². The lowest BCUT2D eigenvalue weighted by Crippen LogP contribution is -2.11. The number of aromatic nitrogens is 3. The molecule has 0 amide bonds. The highest BCUT2D eigenvalue weighted by Gasteiger charge is 2.17. The number of benzene rings is 2. The Morgan fingerprint density at radius 1 is 1.11 bits per heavy atom. The number of nitro benzene ring substituents is 1. The maximum absolute atomic E-state index is 13.1. The van der Waals surface area contributed by atoms with Gasteiger partial charge in [0.15, 0.2) is 0 Å². The predicted octanol–water partition coefficient (Wildman–Crippen LogP) is 4.10. The first-order valence-electron chi connectivity index (χ1n) is 7.88. The molecule has 0 N–H and O–H groups in total. The molecule has 8 nitrogen and oxygen atoms in total. The van der Waals surface area contributed by atoms with E-state index in [1.54, 1.807) is 36.2 Å². The summed E-state index contributed by atoms with van der Waals surface area (Å²) < 4.78 is 18.5. The van der Waals surface area contributed by atoms with Gasteiger partial charge in [0.1, 0.15) is 23.7 Å². The summed E-state index contributed by atoms with van der Waals surface area (Å²) in [5.74, 6) is 0.588. The third kappa shape index (κ3) is 3.06. The lowest BCUT2D eigenvalue weighted by Gasteiger charge is -2.15. The SMILES string of the molecule is CN(c1cc(-c2ccc(F)cc2)no1)c1ncnc2cc([N+](=O)[O-])ccc12. The van der Waals surface area contributed by atoms with Gasteiger partial charge in [-0.05, 0) is 30.3 Å². The Labute approximate surface area is 152 Å². The van der Waals surface area contributed by atoms with Gasteiger partial charge in [0.25, 0.3) is 5.69 Å². The molecule has 134 valence electrons. The summed E-state index contributed by atoms with van der Waals surface area (Å²) in [6, 6.07) is 12.0. The second-order valence-electron chi connectivity index (χ2n) is 5.77. The van der Waals surface area contributed by atoms with Gasteiger partial charge < -0.3 is 4.52 Å². The molecule has 27 heavy (non-hydrogen) atoms. The fraction of sp³-hybridized carbons (Fsp3) is 0.0556. The second kappa shape index (κ2) is 6.45. The smallest absolute Gasteiger partial charge is 0.271 e. The molecule has 2 aromatic heterocycles. The van der Waals surface area contributed by atoms with Gasteiger partial charge >= 0.3 is 0 Å². The zero-order valence-electron chi connectivity index (χ0n) is 14.0. The predicted molar refractivity (Wildman–Crippen MR) is 96.2 cm³/mol. The molecule has 0 saturated carbocycles. The molecule has 0 unspecified atom stereocenters. The van der Waals surface area contributed by atoms with Crippen LogP contribution in [0.4, 0.5) is 21.8 Å². The molecule has 0 radical (unpaired) electrons. The van der Waals surface area contributed by atoms with Gasteiger partial charge in [0.2, 0.25) is 5.88 Å². The summed E-state index contributed by atoms with van der Waals surface area (Å²) in [7, 11) is 1.73. The van der Waals surface area contributed by atoms with Crippen molar-refractivity contribution in [1.82, 2.24) is 15.1 Å². The van der Waals surface area contributed by atoms with Gasteiger partial charge in [0, 0.05) is 36.2 Å². The highest BCUT2D eigenvalue weighted by atomic mass is 19.1. The van der Waals surface area contributed by atoms with Crippen LogP contribution in [0.15, 0.2) is 59.4 Å². The first-order valence-corrected chi connectivity index (χ1v) is 7.88. The van der Waals surface area contributed by atoms with Crippen LogP contribution in [-0.2, 0) is 0 Å². The average Bonchev–Trinajstić information content (AvgIpc) is 3.17. The third-order valence-corrected chi connectivity index (χ3v) is 4.10. The van der Waals surface area contributed by atoms with Crippen LogP contribution < -0.4 is 4.90 Å². The van der Waals surface area contributed by atoms with Crippen molar-refractivity contribution in [1.29, 1.82) is 0 Å². The zero-order valence-corrected chi connectivity index (χ0v) is 14.0. The first kappa shape index (κ1) is 16.6. The molecule has 0 fully saturated rings. The number of nitro groups is 1. The molecule has 2 heterocycles. The van der Waals surface area contributed by atoms with Crippen LogP contribution in [0.3, 0.4) is 0 Å². The van der Waals surface area contributed by atoms with E-state index in [1.807, 2.05) is 0 Å². The van der Waals surface area contributed by atoms with Gasteiger partial charge in [-0.1, -0.05) is 5.16 Å². The highest BCUT2D eigenvalue weighted by Crippen LogP contribution is 2.32. The molecule has 0 bridgehead atoms. The van der Waals surface area contributed by atoms with Crippen LogP contribution in [0.25, 0.3) is 22.2 Å². The molecule has 2 aromatic carbocycles. The number of rotatable bonds is 4. The van der Waals surface area contributed by atoms with Crippen molar-refractivity contribution in [3.63, 3.8) is 0 Å². The second-order valence-corrected chi connectivity index (χ2v) is 5.77. The minimum Gasteiger partial charge on any atom is -0.338 e. The molecule has 9 heteroatoms. The molecule has 4 rings (SSSR count). The Balaban J connectivity index is 1.72. The number of fused-ring (bicyclic) bond motifs is 1. The Morgan fingerprint density at radius 2 is 1.89 bits per heavy atom. The van der Waals surface area contributed by atoms with E-state index in [-0.39, 0.29) is 11.5 Å². The van der Waals surface area contributed by atoms with Gasteiger partial charge in [-0.15, -0.1) is 0 Å². The Hall–Kier alpha value is -3.88. The molecule has 0 aliphatic rings. The monoisotopic (exact) mass is 365 g/mol. The van der Waals surface area contributed by atoms with Crippen molar-refractivity contribution in [2.24, 2.45) is 0 Å². The number of non-ortho nitro benzene ring substituents is 1. The molecule has 4 aromatic rings. The quantitative estimate of drug-likeness (QED) is 0.396. The van der Waals surface area contributed by atoms with E-state index in [0.717, 1.165) is 0 Å². The normalized spacial score (nSPS) is 10.9. The lowest BCUT2D eigenvalue weighted by atomic mass is 10.1. The van der Waals surface area contributed by atoms with Crippen molar-refractivity contribution in [3.8, 4) is 11.3 Å². The van der Waals surface area contributed by atoms with E-state index in [4.69, 9.17) is 4.52 Å². The summed E-state index contributed by atoms with van der Waals surface area (Å²) in [5.41, 5.74) is 1.65. The van der Waals surface area contributed by atoms with Crippen molar-refractivity contribution in [2.45, 2.75) is 0 Å². The van der Waals surface area contributed by atoms with E-state index >= 15 is 0 Å². The van der Waals surface area contributed by atoms with Crippen LogP contribution in [0.1, 0.15) is 0 Å². The minimum atomic E-state index is -0.476. The lowest BCUT2D eigenvalue weighted by molar-refractivity contribution is -0.384. The molecule has 0 aliphatic carbocycles. The summed E-state index contributed by atoms with van der Waals surface area (Å²) in [5, 5.41) is 15.6. The van der Waals surface area contributed by atoms with Gasteiger partial charge in [-0.3, -0.25) is 15.0 Å². The fourth-order valence-corrected chi connectivity index (χ4v) is 2.70. The number of halogens is 1. The van der Waals surface area contributed by atoms with Gasteiger partial charge in [-0.2, -0.15) is 0 Å². The molecule has 0 spiro atoms. The number of anilines is 2. The van der Waals surface area contributed by atoms with Crippen molar-refractivity contribution in [2.75, 3.05) is 11.9 Å². The largest absolute Gasteiger partial charge is 0.338 e. The average molecular weight is 365 g/mol. The van der Waals surface area contributed by atoms with Gasteiger partial charge in [0.05, 0.1) is 10.4 Å². The van der Waals surface area contributed by atoms with Crippen molar-refractivity contribution >= 4 is 28.3 Å². The first-order chi connectivity index (χ1) is 13.0. The van der Waals surface area contributed by atoms with Crippen LogP contribution >= 0.6 is 0 Å². The standard InChI is InChI=1S/C18H12FN5O3/c1-23(17-9-15(22-27-17)11-2-4-12(19)5-3-11)18-14-7-6-13(24(25)26)8-16(14)20-10-21-18/h2-10H,1H3. The van der Waals surface area contributed by atoms with E-state index < -0.39 is 4.92 Å². The number of hydrogen-bond acceptors (Lipinski definition) is 7. The van der Waals surface area contributed by atoms with Crippen LogP contribution in [0, 0.1) is 15.9 Å². The van der Waals surface area contributed by atoms with Crippen LogP contribution in [-0.4, -0.2) is 27.1 Å². The van der Waals surface area contributed by atoms with E-state index in [0.29, 0.717) is 33.9 Å². The number of hydrogen-bond donors (Lipinski definition) is 0. The maximum Gasteiger partial charge on any atom is 0.271 e. The van der Waals surface area contributed by atoms with Crippen LogP contribution in [0.2, 0.25) is 0 Å². The third-order valence-electron chi connectivity index (χ3n) is 4.10. The Bertz CT molecular complexity index is 1140. The summed E-state index contributed by atoms with van der Waals surface area (Å²) in [6.45, 7) is 0. The fourth-order valence-electron chi connectivity index (χ4n) is 2.70. The Morgan fingerprint density at radius 3 is 2.63 bits per heavy atom. The van der Waals surface area contributed by atoms with Crippen molar-refractivity contribution in [3.05, 3.63) is 70.8 Å². The summed E-state index contributed by atoms with van der Waals surface area (Å²) in [4.78, 5) is 20.5. The summed E-state index contributed by atoms with van der Waals surface area (Å²) >= 11 is 0. The molecule has 0 aliphatic heterocycles. The topological polar surface area (TPSA) is 98.2 Å². The molecule has 0 saturated heterocycles. The molecular formula is C18H12FN5O3. The van der Waals surface area contributed by atoms with E-state index in [2.05, 4.69) is 15.1 Å². The molecule has 0 atom stereocenters. The molecular weight excluding hydrogens is 353 g/mol. The summed E-state index contributed by atoms with van der Waals surface area (Å²) in [6.07, 6.45) is 1.33. The van der Waals surface area contributed by atoms with E-state index in [9.17, 15) is 14.5 Å². The number of nitrogens with zero attached hydrogens (tertiary/aromatic N) is 5.